The number of hydrogen-bond acceptors (Lipinski definition) is 2. The Kier molecular flexibility index (Phi) is 4.03. The van der Waals surface area contributed by atoms with E-state index in [0.717, 1.165) is 0 Å². The maximum atomic E-state index is 10.5. The molecule has 0 atom stereocenters. The molecule has 0 spiro atoms. The summed E-state index contributed by atoms with van der Waals surface area (Å²) in [6.45, 7) is 0. The van der Waals surface area contributed by atoms with Crippen molar-refractivity contribution in [1.82, 2.24) is 0 Å². The van der Waals surface area contributed by atoms with Crippen LogP contribution in [0, 0.1) is 13.7 Å². The van der Waals surface area contributed by atoms with E-state index < -0.39 is 22.5 Å². The molecule has 0 fully saturated rings. The van der Waals surface area contributed by atoms with Crippen molar-refractivity contribution in [2.24, 2.45) is 0 Å². The van der Waals surface area contributed by atoms with E-state index in [2.05, 4.69) is 0 Å². The van der Waals surface area contributed by atoms with Gasteiger partial charge in [-0.2, -0.15) is 0 Å². The van der Waals surface area contributed by atoms with Crippen molar-refractivity contribution < 1.29 is 4.92 Å². The number of benzene rings is 1. The first-order valence-corrected chi connectivity index (χ1v) is 9.91. The number of nitro benzene ring substituents is 1. The molecule has 3 nitrogen and oxygen atoms in total. The number of nitrogens with zero attached hydrogens (tertiary/aromatic N) is 1. The average Bonchev–Trinajstić information content (AvgIpc) is 2.03. The van der Waals surface area contributed by atoms with Gasteiger partial charge < -0.3 is 0 Å². The summed E-state index contributed by atoms with van der Waals surface area (Å²) in [7, 11) is 11.4. The molecule has 0 aliphatic rings. The fraction of sp³-hybridized carbons (Fsp3) is 0. The molecule has 0 saturated carbocycles. The summed E-state index contributed by atoms with van der Waals surface area (Å²) in [5, 5.41) is 10.8. The molecule has 0 saturated heterocycles. The van der Waals surface area contributed by atoms with Crippen LogP contribution in [0.2, 0.25) is 5.02 Å². The molecule has 7 heteroatoms. The molecule has 0 aliphatic heterocycles. The van der Waals surface area contributed by atoms with Gasteiger partial charge in [0, 0.05) is 0 Å². The van der Waals surface area contributed by atoms with E-state index in [1.165, 1.54) is 12.1 Å². The molecule has 0 heterocycles. The molecule has 0 aromatic heterocycles. The summed E-state index contributed by atoms with van der Waals surface area (Å²) in [5.41, 5.74) is -0.0947. The van der Waals surface area contributed by atoms with Gasteiger partial charge in [-0.15, -0.1) is 0 Å². The van der Waals surface area contributed by atoms with Crippen molar-refractivity contribution in [3.8, 4) is 0 Å². The average molecular weight is 354 g/mol. The molecular weight excluding hydrogens is 351 g/mol. The fourth-order valence-electron chi connectivity index (χ4n) is 0.747. The Morgan fingerprint density at radius 2 is 2.00 bits per heavy atom. The van der Waals surface area contributed by atoms with Gasteiger partial charge in [0.15, 0.2) is 0 Å². The third-order valence-electron chi connectivity index (χ3n) is 1.26. The van der Waals surface area contributed by atoms with Gasteiger partial charge in [0.1, 0.15) is 0 Å². The SMILES string of the molecule is O=[N+]([O-])c1cc(Cl)ccc1I(Cl)Cl. The van der Waals surface area contributed by atoms with Gasteiger partial charge in [0.05, 0.1) is 0 Å². The Labute approximate surface area is 93.9 Å². The van der Waals surface area contributed by atoms with Crippen molar-refractivity contribution >= 4 is 52.7 Å². The van der Waals surface area contributed by atoms with Gasteiger partial charge in [0.25, 0.3) is 0 Å². The van der Waals surface area contributed by atoms with E-state index in [1.54, 1.807) is 6.07 Å². The molecular formula is C6H3Cl3INO2. The van der Waals surface area contributed by atoms with Crippen molar-refractivity contribution in [3.63, 3.8) is 0 Å². The Morgan fingerprint density at radius 3 is 2.46 bits per heavy atom. The first-order chi connectivity index (χ1) is 6.02. The van der Waals surface area contributed by atoms with Gasteiger partial charge in [-0.3, -0.25) is 0 Å². The molecule has 0 N–H and O–H groups in total. The Morgan fingerprint density at radius 1 is 1.38 bits per heavy atom. The second kappa shape index (κ2) is 4.63. The van der Waals surface area contributed by atoms with E-state index >= 15 is 0 Å². The van der Waals surface area contributed by atoms with Crippen LogP contribution >= 0.6 is 47.0 Å². The quantitative estimate of drug-likeness (QED) is 0.453. The first kappa shape index (κ1) is 11.3. The van der Waals surface area contributed by atoms with E-state index in [-0.39, 0.29) is 5.69 Å². The Hall–Kier alpha value is 0.220. The number of halogens is 4. The van der Waals surface area contributed by atoms with E-state index in [9.17, 15) is 10.1 Å². The molecule has 0 radical (unpaired) electrons. The second-order valence-electron chi connectivity index (χ2n) is 2.05. The van der Waals surface area contributed by atoms with Crippen LogP contribution in [0.1, 0.15) is 0 Å². The summed E-state index contributed by atoms with van der Waals surface area (Å²) < 4.78 is 0.405. The van der Waals surface area contributed by atoms with E-state index in [0.29, 0.717) is 8.59 Å². The third kappa shape index (κ3) is 2.83. The number of nitro groups is 1. The second-order valence-corrected chi connectivity index (χ2v) is 9.59. The summed E-state index contributed by atoms with van der Waals surface area (Å²) in [6.07, 6.45) is 0. The normalized spacial score (nSPS) is 11.2. The maximum absolute atomic E-state index is 10.5. The summed E-state index contributed by atoms with van der Waals surface area (Å²) in [5.74, 6) is 0. The topological polar surface area (TPSA) is 43.1 Å². The van der Waals surface area contributed by atoms with Crippen molar-refractivity contribution in [2.45, 2.75) is 0 Å². The van der Waals surface area contributed by atoms with Crippen LogP contribution in [0.3, 0.4) is 0 Å². The predicted molar refractivity (Wildman–Crippen MR) is 62.5 cm³/mol. The first-order valence-electron chi connectivity index (χ1n) is 2.99. The fourth-order valence-corrected chi connectivity index (χ4v) is 3.76. The van der Waals surface area contributed by atoms with Crippen LogP contribution in [-0.2, 0) is 0 Å². The summed E-state index contributed by atoms with van der Waals surface area (Å²) in [6, 6.07) is 4.30. The van der Waals surface area contributed by atoms with Crippen LogP contribution in [0.15, 0.2) is 18.2 Å². The van der Waals surface area contributed by atoms with Crippen molar-refractivity contribution in [2.75, 3.05) is 0 Å². The van der Waals surface area contributed by atoms with Gasteiger partial charge >= 0.3 is 94.5 Å². The molecule has 0 bridgehead atoms. The minimum absolute atomic E-state index is 0.0947. The zero-order chi connectivity index (χ0) is 10.0. The Balaban J connectivity index is 3.27. The van der Waals surface area contributed by atoms with Gasteiger partial charge in [-0.25, -0.2) is 0 Å². The van der Waals surface area contributed by atoms with Crippen molar-refractivity contribution in [1.29, 1.82) is 0 Å². The van der Waals surface area contributed by atoms with Crippen molar-refractivity contribution in [3.05, 3.63) is 36.9 Å². The number of hydrogen-bond donors (Lipinski definition) is 0. The molecule has 0 unspecified atom stereocenters. The van der Waals surface area contributed by atoms with Gasteiger partial charge in [-0.05, 0) is 0 Å². The summed E-state index contributed by atoms with van der Waals surface area (Å²) >= 11 is 3.23. The van der Waals surface area contributed by atoms with Crippen LogP contribution in [0.5, 0.6) is 0 Å². The molecule has 0 aliphatic carbocycles. The van der Waals surface area contributed by atoms with Crippen LogP contribution < -0.4 is 0 Å². The van der Waals surface area contributed by atoms with E-state index in [4.69, 9.17) is 29.4 Å². The molecule has 72 valence electrons. The van der Waals surface area contributed by atoms with Crippen LogP contribution in [-0.4, -0.2) is 4.92 Å². The predicted octanol–water partition coefficient (Wildman–Crippen LogP) is 4.23. The standard InChI is InChI=1S/C6H3Cl3INO2/c7-4-1-2-5(10(8)9)6(3-4)11(12)13/h1-3H. The monoisotopic (exact) mass is 353 g/mol. The van der Waals surface area contributed by atoms with Gasteiger partial charge in [0.2, 0.25) is 0 Å². The molecule has 1 aromatic rings. The summed E-state index contributed by atoms with van der Waals surface area (Å²) in [4.78, 5) is 10.0. The molecule has 0 amide bonds. The van der Waals surface area contributed by atoms with Crippen LogP contribution in [0.25, 0.3) is 0 Å². The van der Waals surface area contributed by atoms with Crippen LogP contribution in [0.4, 0.5) is 5.69 Å². The van der Waals surface area contributed by atoms with Gasteiger partial charge in [-0.1, -0.05) is 0 Å². The number of rotatable bonds is 2. The third-order valence-corrected chi connectivity index (χ3v) is 5.35. The minimum atomic E-state index is -2.36. The molecule has 1 rings (SSSR count). The Bertz CT molecular complexity index is 345. The molecule has 1 aromatic carbocycles. The van der Waals surface area contributed by atoms with E-state index in [1.807, 2.05) is 0 Å². The zero-order valence-corrected chi connectivity index (χ0v) is 10.4. The zero-order valence-electron chi connectivity index (χ0n) is 6.01. The molecule has 13 heavy (non-hydrogen) atoms.